The molecule has 2 saturated heterocycles. The maximum absolute atomic E-state index is 4.78. The second-order valence-electron chi connectivity index (χ2n) is 5.96. The van der Waals surface area contributed by atoms with E-state index >= 15 is 0 Å². The molecule has 0 radical (unpaired) electrons. The summed E-state index contributed by atoms with van der Waals surface area (Å²) in [5.74, 6) is 2.45. The molecule has 4 nitrogen and oxygen atoms in total. The van der Waals surface area contributed by atoms with Gasteiger partial charge in [-0.1, -0.05) is 18.2 Å². The van der Waals surface area contributed by atoms with E-state index in [1.807, 2.05) is 12.3 Å². The Morgan fingerprint density at radius 2 is 2.00 bits per heavy atom. The lowest BCUT2D eigenvalue weighted by atomic mass is 10.0. The number of fused-ring (bicyclic) bond motifs is 1. The third kappa shape index (κ3) is 2.14. The van der Waals surface area contributed by atoms with Crippen LogP contribution >= 0.6 is 0 Å². The van der Waals surface area contributed by atoms with Crippen molar-refractivity contribution in [3.8, 4) is 0 Å². The highest BCUT2D eigenvalue weighted by molar-refractivity contribution is 5.72. The van der Waals surface area contributed by atoms with Gasteiger partial charge < -0.3 is 10.2 Å². The van der Waals surface area contributed by atoms with E-state index in [0.717, 1.165) is 62.5 Å². The van der Waals surface area contributed by atoms with Gasteiger partial charge in [-0.25, -0.2) is 9.97 Å². The van der Waals surface area contributed by atoms with Crippen LogP contribution in [0.3, 0.4) is 0 Å². The van der Waals surface area contributed by atoms with Gasteiger partial charge in [0.25, 0.3) is 0 Å². The van der Waals surface area contributed by atoms with E-state index in [2.05, 4.69) is 33.4 Å². The number of anilines is 1. The molecular formula is C16H20N4. The van der Waals surface area contributed by atoms with Crippen LogP contribution in [0.15, 0.2) is 30.5 Å². The van der Waals surface area contributed by atoms with Gasteiger partial charge in [-0.3, -0.25) is 0 Å². The van der Waals surface area contributed by atoms with E-state index in [1.165, 1.54) is 5.57 Å². The standard InChI is InChI=1S/C16H20N4/c1-2-4-12(5-3-1)15-6-7-18-16(19-15)20-10-13-8-17-9-14(13)11-20/h2,4-7,13-14,17H,1,3,8-11H2. The van der Waals surface area contributed by atoms with Crippen molar-refractivity contribution in [3.63, 3.8) is 0 Å². The number of nitrogens with zero attached hydrogens (tertiary/aromatic N) is 3. The zero-order valence-corrected chi connectivity index (χ0v) is 11.6. The van der Waals surface area contributed by atoms with E-state index in [9.17, 15) is 0 Å². The van der Waals surface area contributed by atoms with Crippen LogP contribution in [0.2, 0.25) is 0 Å². The minimum Gasteiger partial charge on any atom is -0.340 e. The fourth-order valence-electron chi connectivity index (χ4n) is 3.48. The molecule has 1 N–H and O–H groups in total. The third-order valence-corrected chi connectivity index (χ3v) is 4.61. The van der Waals surface area contributed by atoms with Gasteiger partial charge in [-0.05, 0) is 36.3 Å². The molecule has 2 unspecified atom stereocenters. The first-order valence-electron chi connectivity index (χ1n) is 7.56. The summed E-state index contributed by atoms with van der Waals surface area (Å²) in [6.45, 7) is 4.48. The Bertz CT molecular complexity index is 551. The van der Waals surface area contributed by atoms with E-state index in [4.69, 9.17) is 4.98 Å². The van der Waals surface area contributed by atoms with E-state index < -0.39 is 0 Å². The average molecular weight is 268 g/mol. The Hall–Kier alpha value is -1.68. The molecule has 1 aromatic heterocycles. The molecule has 0 saturated carbocycles. The van der Waals surface area contributed by atoms with Gasteiger partial charge in [0.05, 0.1) is 5.69 Å². The number of aromatic nitrogens is 2. The van der Waals surface area contributed by atoms with Crippen LogP contribution in [0.5, 0.6) is 0 Å². The fraction of sp³-hybridized carbons (Fsp3) is 0.500. The lowest BCUT2D eigenvalue weighted by molar-refractivity contribution is 0.533. The van der Waals surface area contributed by atoms with Crippen molar-refractivity contribution < 1.29 is 0 Å². The molecule has 20 heavy (non-hydrogen) atoms. The van der Waals surface area contributed by atoms with Gasteiger partial charge in [0.2, 0.25) is 5.95 Å². The summed E-state index contributed by atoms with van der Waals surface area (Å²) in [6.07, 6.45) is 10.8. The molecule has 2 atom stereocenters. The third-order valence-electron chi connectivity index (χ3n) is 4.61. The molecule has 3 heterocycles. The van der Waals surface area contributed by atoms with Crippen molar-refractivity contribution in [3.05, 3.63) is 36.2 Å². The molecule has 104 valence electrons. The Kier molecular flexibility index (Phi) is 3.03. The Labute approximate surface area is 119 Å². The molecule has 1 aromatic rings. The number of nitrogens with one attached hydrogen (secondary N) is 1. The van der Waals surface area contributed by atoms with Crippen molar-refractivity contribution in [1.29, 1.82) is 0 Å². The highest BCUT2D eigenvalue weighted by Gasteiger charge is 2.37. The molecule has 3 aliphatic rings. The summed E-state index contributed by atoms with van der Waals surface area (Å²) in [5.41, 5.74) is 2.29. The largest absolute Gasteiger partial charge is 0.340 e. The number of rotatable bonds is 2. The highest BCUT2D eigenvalue weighted by atomic mass is 15.3. The molecule has 4 rings (SSSR count). The summed E-state index contributed by atoms with van der Waals surface area (Å²) in [5, 5.41) is 3.47. The first kappa shape index (κ1) is 12.1. The van der Waals surface area contributed by atoms with Crippen LogP contribution in [-0.4, -0.2) is 36.1 Å². The van der Waals surface area contributed by atoms with E-state index in [1.54, 1.807) is 0 Å². The van der Waals surface area contributed by atoms with Crippen molar-refractivity contribution in [2.75, 3.05) is 31.1 Å². The van der Waals surface area contributed by atoms with E-state index in [-0.39, 0.29) is 0 Å². The van der Waals surface area contributed by atoms with Crippen LogP contribution in [-0.2, 0) is 0 Å². The van der Waals surface area contributed by atoms with Gasteiger partial charge in [0.15, 0.2) is 0 Å². The van der Waals surface area contributed by atoms with Crippen molar-refractivity contribution in [1.82, 2.24) is 15.3 Å². The monoisotopic (exact) mass is 268 g/mol. The smallest absolute Gasteiger partial charge is 0.225 e. The molecule has 0 amide bonds. The minimum atomic E-state index is 0.774. The van der Waals surface area contributed by atoms with Crippen LogP contribution in [0, 0.1) is 11.8 Å². The molecule has 4 heteroatoms. The highest BCUT2D eigenvalue weighted by Crippen LogP contribution is 2.29. The van der Waals surface area contributed by atoms with Gasteiger partial charge in [-0.2, -0.15) is 0 Å². The average Bonchev–Trinajstić information content (AvgIpc) is 3.10. The topological polar surface area (TPSA) is 41.1 Å². The lowest BCUT2D eigenvalue weighted by Crippen LogP contribution is -2.27. The van der Waals surface area contributed by atoms with Crippen LogP contribution in [0.1, 0.15) is 18.5 Å². The molecule has 0 aromatic carbocycles. The molecule has 2 aliphatic heterocycles. The summed E-state index contributed by atoms with van der Waals surface area (Å²) in [7, 11) is 0. The number of hydrogen-bond acceptors (Lipinski definition) is 4. The first-order valence-corrected chi connectivity index (χ1v) is 7.56. The van der Waals surface area contributed by atoms with Gasteiger partial charge in [0.1, 0.15) is 0 Å². The first-order chi connectivity index (χ1) is 9.90. The van der Waals surface area contributed by atoms with E-state index in [0.29, 0.717) is 0 Å². The Morgan fingerprint density at radius 1 is 1.15 bits per heavy atom. The summed E-state index contributed by atoms with van der Waals surface area (Å²) in [4.78, 5) is 11.6. The van der Waals surface area contributed by atoms with Crippen molar-refractivity contribution >= 4 is 11.5 Å². The second kappa shape index (κ2) is 5.02. The predicted octanol–water partition coefficient (Wildman–Crippen LogP) is 1.87. The quantitative estimate of drug-likeness (QED) is 0.889. The zero-order chi connectivity index (χ0) is 13.4. The van der Waals surface area contributed by atoms with Gasteiger partial charge in [-0.15, -0.1) is 0 Å². The fourth-order valence-corrected chi connectivity index (χ4v) is 3.48. The molecular weight excluding hydrogens is 248 g/mol. The van der Waals surface area contributed by atoms with Crippen LogP contribution in [0.25, 0.3) is 5.57 Å². The number of allylic oxidation sites excluding steroid dienone is 4. The maximum Gasteiger partial charge on any atom is 0.225 e. The predicted molar refractivity (Wildman–Crippen MR) is 80.4 cm³/mol. The van der Waals surface area contributed by atoms with Crippen LogP contribution < -0.4 is 10.2 Å². The summed E-state index contributed by atoms with van der Waals surface area (Å²) < 4.78 is 0. The van der Waals surface area contributed by atoms with Crippen molar-refractivity contribution in [2.45, 2.75) is 12.8 Å². The van der Waals surface area contributed by atoms with Crippen molar-refractivity contribution in [2.24, 2.45) is 11.8 Å². The Morgan fingerprint density at radius 3 is 2.75 bits per heavy atom. The lowest BCUT2D eigenvalue weighted by Gasteiger charge is -2.18. The SMILES string of the molecule is C1=CC(c2ccnc(N3CC4CNCC4C3)n2)=CCC1. The Balaban J connectivity index is 1.57. The van der Waals surface area contributed by atoms with Gasteiger partial charge >= 0.3 is 0 Å². The normalized spacial score (nSPS) is 28.6. The summed E-state index contributed by atoms with van der Waals surface area (Å²) >= 11 is 0. The van der Waals surface area contributed by atoms with Crippen LogP contribution in [0.4, 0.5) is 5.95 Å². The minimum absolute atomic E-state index is 0.774. The molecule has 0 spiro atoms. The summed E-state index contributed by atoms with van der Waals surface area (Å²) in [6, 6.07) is 2.02. The van der Waals surface area contributed by atoms with Gasteiger partial charge in [0, 0.05) is 32.4 Å². The maximum atomic E-state index is 4.78. The molecule has 2 fully saturated rings. The molecule has 0 bridgehead atoms. The second-order valence-corrected chi connectivity index (χ2v) is 5.96. The zero-order valence-electron chi connectivity index (χ0n) is 11.6. The number of hydrogen-bond donors (Lipinski definition) is 1. The molecule has 1 aliphatic carbocycles.